The minimum absolute atomic E-state index is 0.289. The van der Waals surface area contributed by atoms with Crippen LogP contribution in [0.1, 0.15) is 11.3 Å². The van der Waals surface area contributed by atoms with Crippen LogP contribution in [0.4, 0.5) is 0 Å². The highest BCUT2D eigenvalue weighted by Crippen LogP contribution is 2.39. The normalized spacial score (nSPS) is 12.1. The van der Waals surface area contributed by atoms with Gasteiger partial charge in [-0.05, 0) is 11.6 Å². The molecule has 1 heterocycles. The van der Waals surface area contributed by atoms with Gasteiger partial charge in [-0.15, -0.1) is 11.6 Å². The molecule has 90 valence electrons. The number of para-hydroxylation sites is 1. The van der Waals surface area contributed by atoms with Crippen LogP contribution >= 0.6 is 58.0 Å². The number of rotatable bonds is 1. The molecule has 0 aliphatic rings. The number of pyridine rings is 1. The van der Waals surface area contributed by atoms with E-state index in [1.807, 2.05) is 18.2 Å². The Labute approximate surface area is 124 Å². The van der Waals surface area contributed by atoms with Gasteiger partial charge in [0.1, 0.15) is 0 Å². The van der Waals surface area contributed by atoms with Gasteiger partial charge in [-0.25, -0.2) is 4.98 Å². The van der Waals surface area contributed by atoms with Crippen LogP contribution in [-0.2, 0) is 9.67 Å². The molecule has 0 bridgehead atoms. The highest BCUT2D eigenvalue weighted by Gasteiger charge is 2.26. The van der Waals surface area contributed by atoms with Crippen LogP contribution in [0.3, 0.4) is 0 Å². The summed E-state index contributed by atoms with van der Waals surface area (Å²) in [6, 6.07) is 7.13. The lowest BCUT2D eigenvalue weighted by Crippen LogP contribution is -2.04. The maximum absolute atomic E-state index is 6.14. The zero-order valence-electron chi connectivity index (χ0n) is 8.35. The molecule has 0 aliphatic heterocycles. The summed E-state index contributed by atoms with van der Waals surface area (Å²) in [5, 5.41) is 1.28. The summed E-state index contributed by atoms with van der Waals surface area (Å²) in [4.78, 5) is 4.31. The van der Waals surface area contributed by atoms with Crippen molar-refractivity contribution >= 4 is 68.9 Å². The summed E-state index contributed by atoms with van der Waals surface area (Å²) in [6.07, 6.45) is 0. The average Bonchev–Trinajstić information content (AvgIpc) is 2.27. The Morgan fingerprint density at radius 3 is 2.47 bits per heavy atom. The molecule has 1 aromatic heterocycles. The van der Waals surface area contributed by atoms with Crippen molar-refractivity contribution in [1.29, 1.82) is 0 Å². The molecule has 0 saturated heterocycles. The van der Waals surface area contributed by atoms with Crippen LogP contribution in [0.5, 0.6) is 0 Å². The third-order valence-electron chi connectivity index (χ3n) is 2.31. The van der Waals surface area contributed by atoms with Crippen LogP contribution in [0, 0.1) is 0 Å². The lowest BCUT2D eigenvalue weighted by molar-refractivity contribution is 1.11. The number of nitrogens with zero attached hydrogens (tertiary/aromatic N) is 1. The second kappa shape index (κ2) is 4.99. The molecular formula is C11H6Cl5N. The predicted molar refractivity (Wildman–Crippen MR) is 75.5 cm³/mol. The van der Waals surface area contributed by atoms with Gasteiger partial charge in [0.2, 0.25) is 3.79 Å². The van der Waals surface area contributed by atoms with E-state index in [-0.39, 0.29) is 5.69 Å². The smallest absolute Gasteiger partial charge is 0.232 e. The highest BCUT2D eigenvalue weighted by molar-refractivity contribution is 6.66. The number of benzene rings is 1. The van der Waals surface area contributed by atoms with E-state index in [1.165, 1.54) is 0 Å². The number of hydrogen-bond acceptors (Lipinski definition) is 1. The van der Waals surface area contributed by atoms with Crippen LogP contribution in [0.2, 0.25) is 5.02 Å². The summed E-state index contributed by atoms with van der Waals surface area (Å²) >= 11 is 29.4. The maximum Gasteiger partial charge on any atom is 0.232 e. The second-order valence-corrected chi connectivity index (χ2v) is 6.39. The summed E-state index contributed by atoms with van der Waals surface area (Å²) in [5.74, 6) is 0.323. The molecule has 0 fully saturated rings. The highest BCUT2D eigenvalue weighted by atomic mass is 35.6. The van der Waals surface area contributed by atoms with E-state index in [0.29, 0.717) is 16.4 Å². The van der Waals surface area contributed by atoms with Gasteiger partial charge in [0.15, 0.2) is 0 Å². The Balaban J connectivity index is 2.79. The van der Waals surface area contributed by atoms with Crippen molar-refractivity contribution in [3.8, 4) is 0 Å². The van der Waals surface area contributed by atoms with Crippen molar-refractivity contribution in [1.82, 2.24) is 4.98 Å². The van der Waals surface area contributed by atoms with E-state index in [9.17, 15) is 0 Å². The Morgan fingerprint density at radius 1 is 1.18 bits per heavy atom. The molecule has 1 aromatic carbocycles. The summed E-state index contributed by atoms with van der Waals surface area (Å²) in [6.45, 7) is 0. The molecule has 0 saturated carbocycles. The van der Waals surface area contributed by atoms with Gasteiger partial charge < -0.3 is 0 Å². The van der Waals surface area contributed by atoms with Crippen LogP contribution in [0.15, 0.2) is 24.3 Å². The molecule has 0 unspecified atom stereocenters. The van der Waals surface area contributed by atoms with Gasteiger partial charge in [-0.2, -0.15) is 0 Å². The first-order valence-electron chi connectivity index (χ1n) is 4.65. The van der Waals surface area contributed by atoms with Crippen molar-refractivity contribution in [2.75, 3.05) is 0 Å². The number of aromatic nitrogens is 1. The summed E-state index contributed by atoms with van der Waals surface area (Å²) in [7, 11) is 0. The minimum atomic E-state index is -1.60. The molecule has 1 nitrogen and oxygen atoms in total. The lowest BCUT2D eigenvalue weighted by atomic mass is 10.1. The molecule has 17 heavy (non-hydrogen) atoms. The van der Waals surface area contributed by atoms with Gasteiger partial charge in [0.05, 0.1) is 16.2 Å². The van der Waals surface area contributed by atoms with Crippen molar-refractivity contribution in [2.45, 2.75) is 9.67 Å². The molecular weight excluding hydrogens is 323 g/mol. The van der Waals surface area contributed by atoms with Gasteiger partial charge in [-0.1, -0.05) is 64.6 Å². The third kappa shape index (κ3) is 2.74. The first kappa shape index (κ1) is 13.5. The van der Waals surface area contributed by atoms with Crippen molar-refractivity contribution in [3.05, 3.63) is 40.5 Å². The van der Waals surface area contributed by atoms with Crippen LogP contribution < -0.4 is 0 Å². The first-order chi connectivity index (χ1) is 7.93. The first-order valence-corrected chi connectivity index (χ1v) is 6.69. The summed E-state index contributed by atoms with van der Waals surface area (Å²) in [5.41, 5.74) is 1.80. The fourth-order valence-electron chi connectivity index (χ4n) is 1.52. The van der Waals surface area contributed by atoms with Gasteiger partial charge >= 0.3 is 0 Å². The van der Waals surface area contributed by atoms with Gasteiger partial charge in [0.25, 0.3) is 0 Å². The van der Waals surface area contributed by atoms with E-state index in [4.69, 9.17) is 58.0 Å². The molecule has 2 aromatic rings. The number of fused-ring (bicyclic) bond motifs is 1. The standard InChI is InChI=1S/C11H6Cl5N/c12-5-6-2-1-3-7-8(13)4-9(11(14,15)16)17-10(6)7/h1-4H,5H2. The molecule has 0 amide bonds. The van der Waals surface area contributed by atoms with E-state index >= 15 is 0 Å². The van der Waals surface area contributed by atoms with E-state index in [1.54, 1.807) is 6.07 Å². The maximum atomic E-state index is 6.14. The molecule has 0 N–H and O–H groups in total. The molecule has 6 heteroatoms. The monoisotopic (exact) mass is 327 g/mol. The van der Waals surface area contributed by atoms with Gasteiger partial charge in [-0.3, -0.25) is 0 Å². The Hall–Kier alpha value is 0.0800. The van der Waals surface area contributed by atoms with Crippen molar-refractivity contribution in [3.63, 3.8) is 0 Å². The van der Waals surface area contributed by atoms with Gasteiger partial charge in [0, 0.05) is 11.3 Å². The molecule has 0 spiro atoms. The Bertz CT molecular complexity index is 562. The SMILES string of the molecule is ClCc1cccc2c(Cl)cc(C(Cl)(Cl)Cl)nc12. The zero-order chi connectivity index (χ0) is 12.6. The quantitative estimate of drug-likeness (QED) is 0.634. The predicted octanol–water partition coefficient (Wildman–Crippen LogP) is 5.45. The number of alkyl halides is 4. The Morgan fingerprint density at radius 2 is 1.88 bits per heavy atom. The molecule has 0 aliphatic carbocycles. The zero-order valence-corrected chi connectivity index (χ0v) is 12.1. The molecule has 0 radical (unpaired) electrons. The van der Waals surface area contributed by atoms with Crippen molar-refractivity contribution in [2.24, 2.45) is 0 Å². The van der Waals surface area contributed by atoms with E-state index < -0.39 is 3.79 Å². The fraction of sp³-hybridized carbons (Fsp3) is 0.182. The Kier molecular flexibility index (Phi) is 3.96. The van der Waals surface area contributed by atoms with Crippen LogP contribution in [0.25, 0.3) is 10.9 Å². The molecule has 0 atom stereocenters. The van der Waals surface area contributed by atoms with Crippen molar-refractivity contribution < 1.29 is 0 Å². The number of hydrogen-bond donors (Lipinski definition) is 0. The fourth-order valence-corrected chi connectivity index (χ4v) is 2.28. The molecule has 2 rings (SSSR count). The third-order valence-corrected chi connectivity index (χ3v) is 3.49. The van der Waals surface area contributed by atoms with E-state index in [0.717, 1.165) is 10.9 Å². The second-order valence-electron chi connectivity index (χ2n) is 3.43. The van der Waals surface area contributed by atoms with E-state index in [2.05, 4.69) is 4.98 Å². The lowest BCUT2D eigenvalue weighted by Gasteiger charge is -2.13. The van der Waals surface area contributed by atoms with Crippen LogP contribution in [-0.4, -0.2) is 4.98 Å². The number of halogens is 5. The topological polar surface area (TPSA) is 12.9 Å². The largest absolute Gasteiger partial charge is 0.248 e. The average molecular weight is 329 g/mol. The summed E-state index contributed by atoms with van der Waals surface area (Å²) < 4.78 is -1.60. The minimum Gasteiger partial charge on any atom is -0.248 e.